The molecule has 0 aliphatic heterocycles. The number of aromatic nitrogens is 1. The van der Waals surface area contributed by atoms with Gasteiger partial charge in [-0.05, 0) is 104 Å². The van der Waals surface area contributed by atoms with Gasteiger partial charge < -0.3 is 5.32 Å². The summed E-state index contributed by atoms with van der Waals surface area (Å²) in [5.41, 5.74) is 3.85. The van der Waals surface area contributed by atoms with E-state index in [1.807, 2.05) is 36.5 Å². The van der Waals surface area contributed by atoms with Gasteiger partial charge in [-0.3, -0.25) is 9.78 Å². The number of amides is 1. The van der Waals surface area contributed by atoms with Crippen LogP contribution in [0.3, 0.4) is 0 Å². The third kappa shape index (κ3) is 3.68. The molecule has 3 aromatic rings. The Labute approximate surface area is 187 Å². The summed E-state index contributed by atoms with van der Waals surface area (Å²) in [5, 5.41) is 14.1. The predicted molar refractivity (Wildman–Crippen MR) is 123 cm³/mol. The Balaban J connectivity index is 1.30. The third-order valence-electron chi connectivity index (χ3n) is 7.42. The predicted octanol–water partition coefficient (Wildman–Crippen LogP) is 6.45. The maximum Gasteiger partial charge on any atom is 0.228 e. The molecule has 0 radical (unpaired) electrons. The van der Waals surface area contributed by atoms with E-state index in [2.05, 4.69) is 22.4 Å². The van der Waals surface area contributed by atoms with Gasteiger partial charge in [-0.1, -0.05) is 11.6 Å². The molecule has 1 spiro atoms. The van der Waals surface area contributed by atoms with E-state index < -0.39 is 0 Å². The molecule has 1 heterocycles. The first-order valence-corrected chi connectivity index (χ1v) is 11.3. The number of fused-ring (bicyclic) bond motifs is 1. The van der Waals surface area contributed by atoms with Crippen molar-refractivity contribution < 1.29 is 4.79 Å². The van der Waals surface area contributed by atoms with Crippen LogP contribution in [0.2, 0.25) is 5.02 Å². The van der Waals surface area contributed by atoms with Crippen LogP contribution in [0.25, 0.3) is 10.9 Å². The van der Waals surface area contributed by atoms with Crippen LogP contribution >= 0.6 is 11.6 Å². The van der Waals surface area contributed by atoms with E-state index in [0.29, 0.717) is 16.5 Å². The smallest absolute Gasteiger partial charge is 0.228 e. The monoisotopic (exact) mass is 429 g/mol. The molecular formula is C26H24ClN3O. The van der Waals surface area contributed by atoms with Crippen molar-refractivity contribution in [3.63, 3.8) is 0 Å². The number of anilines is 1. The summed E-state index contributed by atoms with van der Waals surface area (Å²) in [6.45, 7) is 0. The number of rotatable bonds is 3. The van der Waals surface area contributed by atoms with Crippen LogP contribution in [-0.2, 0) is 4.79 Å². The second-order valence-corrected chi connectivity index (χ2v) is 9.40. The van der Waals surface area contributed by atoms with Gasteiger partial charge >= 0.3 is 0 Å². The number of benzene rings is 2. The molecule has 2 saturated carbocycles. The van der Waals surface area contributed by atoms with Crippen LogP contribution in [0.5, 0.6) is 0 Å². The van der Waals surface area contributed by atoms with Crippen molar-refractivity contribution in [2.45, 2.75) is 44.4 Å². The summed E-state index contributed by atoms with van der Waals surface area (Å²) in [7, 11) is 0. The van der Waals surface area contributed by atoms with E-state index in [0.717, 1.165) is 55.1 Å². The Morgan fingerprint density at radius 3 is 2.48 bits per heavy atom. The summed E-state index contributed by atoms with van der Waals surface area (Å²) in [4.78, 5) is 17.4. The van der Waals surface area contributed by atoms with E-state index in [1.54, 1.807) is 12.1 Å². The van der Waals surface area contributed by atoms with Crippen molar-refractivity contribution in [3.05, 3.63) is 70.9 Å². The van der Waals surface area contributed by atoms with E-state index in [1.165, 1.54) is 5.56 Å². The number of hydrogen-bond acceptors (Lipinski definition) is 3. The third-order valence-corrected chi connectivity index (χ3v) is 7.68. The van der Waals surface area contributed by atoms with Crippen LogP contribution in [0.4, 0.5) is 5.69 Å². The molecule has 0 saturated heterocycles. The highest BCUT2D eigenvalue weighted by atomic mass is 35.5. The van der Waals surface area contributed by atoms with E-state index in [4.69, 9.17) is 11.6 Å². The van der Waals surface area contributed by atoms with Crippen molar-refractivity contribution in [3.8, 4) is 6.07 Å². The molecule has 31 heavy (non-hydrogen) atoms. The molecule has 5 heteroatoms. The van der Waals surface area contributed by atoms with Crippen LogP contribution in [0.15, 0.2) is 54.7 Å². The maximum atomic E-state index is 13.0. The minimum Gasteiger partial charge on any atom is -0.326 e. The van der Waals surface area contributed by atoms with Crippen molar-refractivity contribution >= 4 is 34.1 Å². The average Bonchev–Trinajstić information content (AvgIpc) is 2.79. The van der Waals surface area contributed by atoms with Gasteiger partial charge in [0, 0.05) is 28.2 Å². The highest BCUT2D eigenvalue weighted by molar-refractivity contribution is 6.30. The number of nitriles is 1. The molecule has 1 N–H and O–H groups in total. The minimum absolute atomic E-state index is 0.0866. The standard InChI is InChI=1S/C26H24ClN3O/c27-19-2-4-20(5-3-19)30-25(31)23-9-13-26(23)11-7-18(8-12-26)21-10-14-29-24-6-1-17(16-28)15-22(21)24/h1-6,10,14-15,18,23H,7-9,11-13H2,(H,30,31)/t18?,23-,26?/m1/s1. The Morgan fingerprint density at radius 1 is 1.06 bits per heavy atom. The Morgan fingerprint density at radius 2 is 1.81 bits per heavy atom. The summed E-state index contributed by atoms with van der Waals surface area (Å²) < 4.78 is 0. The van der Waals surface area contributed by atoms with E-state index >= 15 is 0 Å². The van der Waals surface area contributed by atoms with E-state index in [-0.39, 0.29) is 17.2 Å². The molecule has 0 bridgehead atoms. The number of carbonyl (C=O) groups is 1. The molecular weight excluding hydrogens is 406 g/mol. The van der Waals surface area contributed by atoms with Gasteiger partial charge in [0.1, 0.15) is 0 Å². The van der Waals surface area contributed by atoms with Gasteiger partial charge in [0.2, 0.25) is 5.91 Å². The molecule has 4 nitrogen and oxygen atoms in total. The number of halogens is 1. The summed E-state index contributed by atoms with van der Waals surface area (Å²) >= 11 is 5.95. The fourth-order valence-electron chi connectivity index (χ4n) is 5.56. The van der Waals surface area contributed by atoms with Crippen LogP contribution < -0.4 is 5.32 Å². The number of carbonyl (C=O) groups excluding carboxylic acids is 1. The van der Waals surface area contributed by atoms with Gasteiger partial charge in [0.15, 0.2) is 0 Å². The normalized spacial score (nSPS) is 25.0. The number of nitrogens with one attached hydrogen (secondary N) is 1. The quantitative estimate of drug-likeness (QED) is 0.520. The number of hydrogen-bond donors (Lipinski definition) is 1. The van der Waals surface area contributed by atoms with Crippen molar-refractivity contribution in [2.24, 2.45) is 11.3 Å². The Kier molecular flexibility index (Phi) is 5.16. The molecule has 2 aliphatic carbocycles. The highest BCUT2D eigenvalue weighted by Gasteiger charge is 2.51. The summed E-state index contributed by atoms with van der Waals surface area (Å²) in [5.74, 6) is 0.675. The lowest BCUT2D eigenvalue weighted by Gasteiger charge is -2.52. The number of pyridine rings is 1. The molecule has 5 rings (SSSR count). The lowest BCUT2D eigenvalue weighted by atomic mass is 9.52. The fourth-order valence-corrected chi connectivity index (χ4v) is 5.69. The minimum atomic E-state index is 0.0866. The first kappa shape index (κ1) is 20.0. The zero-order valence-corrected chi connectivity index (χ0v) is 18.0. The highest BCUT2D eigenvalue weighted by Crippen LogP contribution is 2.58. The molecule has 2 aliphatic rings. The van der Waals surface area contributed by atoms with Gasteiger partial charge in [-0.2, -0.15) is 5.26 Å². The largest absolute Gasteiger partial charge is 0.326 e. The van der Waals surface area contributed by atoms with Crippen molar-refractivity contribution in [1.29, 1.82) is 5.26 Å². The van der Waals surface area contributed by atoms with Crippen LogP contribution in [0, 0.1) is 22.7 Å². The average molecular weight is 430 g/mol. The van der Waals surface area contributed by atoms with Crippen LogP contribution in [0.1, 0.15) is 55.6 Å². The molecule has 1 aromatic heterocycles. The van der Waals surface area contributed by atoms with Crippen molar-refractivity contribution in [1.82, 2.24) is 4.98 Å². The molecule has 2 fully saturated rings. The van der Waals surface area contributed by atoms with Crippen LogP contribution in [-0.4, -0.2) is 10.9 Å². The molecule has 1 atom stereocenters. The lowest BCUT2D eigenvalue weighted by molar-refractivity contribution is -0.133. The Bertz CT molecular complexity index is 1170. The zero-order valence-electron chi connectivity index (χ0n) is 17.3. The summed E-state index contributed by atoms with van der Waals surface area (Å²) in [6, 6.07) is 17.4. The molecule has 0 unspecified atom stereocenters. The maximum absolute atomic E-state index is 13.0. The van der Waals surface area contributed by atoms with E-state index in [9.17, 15) is 10.1 Å². The second-order valence-electron chi connectivity index (χ2n) is 8.97. The first-order chi connectivity index (χ1) is 15.1. The van der Waals surface area contributed by atoms with Gasteiger partial charge in [-0.15, -0.1) is 0 Å². The van der Waals surface area contributed by atoms with Gasteiger partial charge in [0.25, 0.3) is 0 Å². The van der Waals surface area contributed by atoms with Gasteiger partial charge in [0.05, 0.1) is 17.1 Å². The molecule has 156 valence electrons. The summed E-state index contributed by atoms with van der Waals surface area (Å²) in [6.07, 6.45) is 8.25. The molecule has 1 amide bonds. The second kappa shape index (κ2) is 7.98. The molecule has 2 aromatic carbocycles. The zero-order chi connectivity index (χ0) is 21.4. The SMILES string of the molecule is N#Cc1ccc2nccc(C3CCC4(CC3)CC[C@@H]4C(=O)Nc3ccc(Cl)cc3)c2c1. The Hall–Kier alpha value is -2.90. The number of nitrogens with zero attached hydrogens (tertiary/aromatic N) is 2. The first-order valence-electron chi connectivity index (χ1n) is 10.9. The topological polar surface area (TPSA) is 65.8 Å². The fraction of sp³-hybridized carbons (Fsp3) is 0.346. The lowest BCUT2D eigenvalue weighted by Crippen LogP contribution is -2.48. The van der Waals surface area contributed by atoms with Gasteiger partial charge in [-0.25, -0.2) is 0 Å². The van der Waals surface area contributed by atoms with Crippen molar-refractivity contribution in [2.75, 3.05) is 5.32 Å².